The second kappa shape index (κ2) is 6.51. The molecule has 0 aromatic carbocycles. The Labute approximate surface area is 114 Å². The largest absolute Gasteiger partial charge is 0.468 e. The molecule has 0 unspecified atom stereocenters. The summed E-state index contributed by atoms with van der Waals surface area (Å²) in [5, 5.41) is 3.25. The molecular weight excluding hydrogens is 266 g/mol. The Bertz CT molecular complexity index is 466. The van der Waals surface area contributed by atoms with Gasteiger partial charge < -0.3 is 9.73 Å². The van der Waals surface area contributed by atoms with Crippen LogP contribution >= 0.6 is 0 Å². The second-order valence-electron chi connectivity index (χ2n) is 4.74. The van der Waals surface area contributed by atoms with Crippen molar-refractivity contribution in [2.45, 2.75) is 6.54 Å². The summed E-state index contributed by atoms with van der Waals surface area (Å²) >= 11 is 0. The first-order chi connectivity index (χ1) is 9.08. The van der Waals surface area contributed by atoms with Crippen molar-refractivity contribution in [3.63, 3.8) is 0 Å². The fourth-order valence-electron chi connectivity index (χ4n) is 2.06. The zero-order valence-electron chi connectivity index (χ0n) is 11.2. The molecule has 1 aromatic heterocycles. The first-order valence-corrected chi connectivity index (χ1v) is 8.08. The van der Waals surface area contributed by atoms with Crippen molar-refractivity contribution in [3.05, 3.63) is 24.2 Å². The second-order valence-corrected chi connectivity index (χ2v) is 6.94. The van der Waals surface area contributed by atoms with Crippen LogP contribution in [0.15, 0.2) is 22.8 Å². The lowest BCUT2D eigenvalue weighted by atomic mass is 10.4. The normalized spacial score (nSPS) is 18.0. The summed E-state index contributed by atoms with van der Waals surface area (Å²) in [7, 11) is -1.63. The van der Waals surface area contributed by atoms with E-state index in [9.17, 15) is 8.42 Å². The molecule has 1 saturated heterocycles. The van der Waals surface area contributed by atoms with Gasteiger partial charge in [0, 0.05) is 39.8 Å². The van der Waals surface area contributed by atoms with E-state index >= 15 is 0 Å². The Hall–Kier alpha value is -0.890. The molecule has 0 amide bonds. The molecule has 2 rings (SSSR count). The van der Waals surface area contributed by atoms with Crippen molar-refractivity contribution in [1.29, 1.82) is 0 Å². The number of nitrogens with one attached hydrogen (secondary N) is 1. The maximum absolute atomic E-state index is 12.1. The molecule has 108 valence electrons. The molecule has 0 saturated carbocycles. The van der Waals surface area contributed by atoms with E-state index in [1.807, 2.05) is 0 Å². The van der Waals surface area contributed by atoms with Gasteiger partial charge in [0.1, 0.15) is 5.76 Å². The third-order valence-corrected chi connectivity index (χ3v) is 5.09. The highest BCUT2D eigenvalue weighted by Gasteiger charge is 2.20. The number of hydrogen-bond donors (Lipinski definition) is 1. The minimum absolute atomic E-state index is 0.157. The van der Waals surface area contributed by atoms with E-state index in [1.165, 1.54) is 4.31 Å². The third-order valence-electron chi connectivity index (χ3n) is 3.31. The third kappa shape index (κ3) is 4.31. The first-order valence-electron chi connectivity index (χ1n) is 6.47. The monoisotopic (exact) mass is 287 g/mol. The van der Waals surface area contributed by atoms with E-state index < -0.39 is 10.0 Å². The fourth-order valence-corrected chi connectivity index (χ4v) is 3.18. The lowest BCUT2D eigenvalue weighted by Crippen LogP contribution is -2.46. The van der Waals surface area contributed by atoms with Gasteiger partial charge in [-0.15, -0.1) is 0 Å². The van der Waals surface area contributed by atoms with Crippen LogP contribution < -0.4 is 5.32 Å². The van der Waals surface area contributed by atoms with E-state index in [0.29, 0.717) is 12.3 Å². The van der Waals surface area contributed by atoms with Crippen molar-refractivity contribution in [2.24, 2.45) is 0 Å². The Balaban J connectivity index is 1.83. The van der Waals surface area contributed by atoms with Gasteiger partial charge in [-0.25, -0.2) is 8.42 Å². The Morgan fingerprint density at radius 2 is 2.16 bits per heavy atom. The van der Waals surface area contributed by atoms with Crippen LogP contribution in [0.3, 0.4) is 0 Å². The van der Waals surface area contributed by atoms with E-state index in [1.54, 1.807) is 25.4 Å². The summed E-state index contributed by atoms with van der Waals surface area (Å²) in [6.07, 6.45) is 1.55. The van der Waals surface area contributed by atoms with E-state index in [-0.39, 0.29) is 12.3 Å². The minimum Gasteiger partial charge on any atom is -0.468 e. The Morgan fingerprint density at radius 3 is 2.79 bits per heavy atom. The molecule has 1 aromatic rings. The highest BCUT2D eigenvalue weighted by atomic mass is 32.2. The molecule has 1 fully saturated rings. The molecule has 2 heterocycles. The van der Waals surface area contributed by atoms with E-state index in [0.717, 1.165) is 26.2 Å². The molecule has 1 N–H and O–H groups in total. The van der Waals surface area contributed by atoms with Gasteiger partial charge in [-0.2, -0.15) is 4.31 Å². The van der Waals surface area contributed by atoms with Crippen LogP contribution in [0.1, 0.15) is 5.76 Å². The van der Waals surface area contributed by atoms with Gasteiger partial charge in [0.25, 0.3) is 0 Å². The average molecular weight is 287 g/mol. The molecule has 0 radical (unpaired) electrons. The van der Waals surface area contributed by atoms with E-state index in [4.69, 9.17) is 4.42 Å². The van der Waals surface area contributed by atoms with Crippen molar-refractivity contribution >= 4 is 10.0 Å². The number of furan rings is 1. The maximum atomic E-state index is 12.1. The number of hydrogen-bond acceptors (Lipinski definition) is 5. The molecule has 0 spiro atoms. The fraction of sp³-hybridized carbons (Fsp3) is 0.667. The maximum Gasteiger partial charge on any atom is 0.215 e. The predicted molar refractivity (Wildman–Crippen MR) is 73.3 cm³/mol. The zero-order chi connectivity index (χ0) is 13.7. The molecular formula is C12H21N3O3S. The van der Waals surface area contributed by atoms with Gasteiger partial charge in [0.15, 0.2) is 0 Å². The SMILES string of the molecule is CN(Cc1ccco1)S(=O)(=O)CCN1CCNCC1. The summed E-state index contributed by atoms with van der Waals surface area (Å²) < 4.78 is 30.8. The van der Waals surface area contributed by atoms with Crippen LogP contribution in [0, 0.1) is 0 Å². The summed E-state index contributed by atoms with van der Waals surface area (Å²) in [4.78, 5) is 2.18. The molecule has 1 aliphatic rings. The van der Waals surface area contributed by atoms with Gasteiger partial charge >= 0.3 is 0 Å². The van der Waals surface area contributed by atoms with Gasteiger partial charge in [-0.05, 0) is 12.1 Å². The van der Waals surface area contributed by atoms with E-state index in [2.05, 4.69) is 10.2 Å². The number of piperazine rings is 1. The lowest BCUT2D eigenvalue weighted by Gasteiger charge is -2.27. The van der Waals surface area contributed by atoms with Crippen molar-refractivity contribution in [2.75, 3.05) is 45.5 Å². The van der Waals surface area contributed by atoms with Crippen LogP contribution in [0.5, 0.6) is 0 Å². The lowest BCUT2D eigenvalue weighted by molar-refractivity contribution is 0.252. The van der Waals surface area contributed by atoms with Gasteiger partial charge in [0.2, 0.25) is 10.0 Å². The highest BCUT2D eigenvalue weighted by Crippen LogP contribution is 2.08. The van der Waals surface area contributed by atoms with Crippen molar-refractivity contribution < 1.29 is 12.8 Å². The molecule has 1 aliphatic heterocycles. The Morgan fingerprint density at radius 1 is 1.42 bits per heavy atom. The van der Waals surface area contributed by atoms with Gasteiger partial charge in [-0.3, -0.25) is 4.90 Å². The van der Waals surface area contributed by atoms with Crippen LogP contribution in [0.2, 0.25) is 0 Å². The van der Waals surface area contributed by atoms with Crippen LogP contribution in [-0.4, -0.2) is 63.1 Å². The van der Waals surface area contributed by atoms with Crippen molar-refractivity contribution in [3.8, 4) is 0 Å². The summed E-state index contributed by atoms with van der Waals surface area (Å²) in [5.41, 5.74) is 0. The topological polar surface area (TPSA) is 65.8 Å². The average Bonchev–Trinajstić information content (AvgIpc) is 2.90. The van der Waals surface area contributed by atoms with Crippen LogP contribution in [0.4, 0.5) is 0 Å². The van der Waals surface area contributed by atoms with Crippen molar-refractivity contribution in [1.82, 2.24) is 14.5 Å². The molecule has 0 aliphatic carbocycles. The smallest absolute Gasteiger partial charge is 0.215 e. The first kappa shape index (κ1) is 14.5. The summed E-state index contributed by atoms with van der Waals surface area (Å²) in [5.74, 6) is 0.817. The minimum atomic E-state index is -3.22. The standard InChI is InChI=1S/C12H21N3O3S/c1-14(11-12-3-2-9-18-12)19(16,17)10-8-15-6-4-13-5-7-15/h2-3,9,13H,4-8,10-11H2,1H3. The molecule has 7 heteroatoms. The van der Waals surface area contributed by atoms with Crippen LogP contribution in [0.25, 0.3) is 0 Å². The number of sulfonamides is 1. The highest BCUT2D eigenvalue weighted by molar-refractivity contribution is 7.89. The molecule has 0 bridgehead atoms. The van der Waals surface area contributed by atoms with Gasteiger partial charge in [-0.1, -0.05) is 0 Å². The summed E-state index contributed by atoms with van der Waals surface area (Å²) in [6, 6.07) is 3.54. The van der Waals surface area contributed by atoms with Crippen LogP contribution in [-0.2, 0) is 16.6 Å². The van der Waals surface area contributed by atoms with Gasteiger partial charge in [0.05, 0.1) is 18.6 Å². The Kier molecular flexibility index (Phi) is 4.98. The molecule has 0 atom stereocenters. The number of nitrogens with zero attached hydrogens (tertiary/aromatic N) is 2. The number of rotatable bonds is 6. The molecule has 19 heavy (non-hydrogen) atoms. The summed E-state index contributed by atoms with van der Waals surface area (Å²) in [6.45, 7) is 4.57. The quantitative estimate of drug-likeness (QED) is 0.794. The predicted octanol–water partition coefficient (Wildman–Crippen LogP) is -0.0536. The zero-order valence-corrected chi connectivity index (χ0v) is 12.0. The molecule has 6 nitrogen and oxygen atoms in total.